The molecular weight excluding hydrogens is 316 g/mol. The lowest BCUT2D eigenvalue weighted by Gasteiger charge is -2.37. The van der Waals surface area contributed by atoms with Gasteiger partial charge in [0.2, 0.25) is 5.91 Å². The minimum Gasteiger partial charge on any atom is -0.381 e. The molecule has 0 radical (unpaired) electrons. The van der Waals surface area contributed by atoms with Gasteiger partial charge in [-0.2, -0.15) is 0 Å². The first kappa shape index (κ1) is 16.3. The molecule has 0 N–H and O–H groups in total. The van der Waals surface area contributed by atoms with Gasteiger partial charge in [0.15, 0.2) is 0 Å². The van der Waals surface area contributed by atoms with Crippen molar-refractivity contribution in [3.05, 3.63) is 34.9 Å². The third kappa shape index (κ3) is 3.85. The lowest BCUT2D eigenvalue weighted by molar-refractivity contribution is -0.140. The van der Waals surface area contributed by atoms with Gasteiger partial charge in [-0.1, -0.05) is 11.6 Å². The van der Waals surface area contributed by atoms with E-state index in [4.69, 9.17) is 16.3 Å². The summed E-state index contributed by atoms with van der Waals surface area (Å²) in [6.45, 7) is 3.72. The summed E-state index contributed by atoms with van der Waals surface area (Å²) in [7, 11) is 0. The van der Waals surface area contributed by atoms with E-state index in [1.54, 1.807) is 29.2 Å². The highest BCUT2D eigenvalue weighted by Crippen LogP contribution is 2.19. The number of piperazine rings is 1. The van der Waals surface area contributed by atoms with Crippen molar-refractivity contribution < 1.29 is 14.3 Å². The summed E-state index contributed by atoms with van der Waals surface area (Å²) in [5.74, 6) is 0.300. The van der Waals surface area contributed by atoms with Gasteiger partial charge in [0.1, 0.15) is 0 Å². The summed E-state index contributed by atoms with van der Waals surface area (Å²) in [6, 6.07) is 6.92. The molecule has 0 aliphatic carbocycles. The molecule has 0 unspecified atom stereocenters. The Morgan fingerprint density at radius 2 is 1.52 bits per heavy atom. The van der Waals surface area contributed by atoms with Crippen LogP contribution in [-0.2, 0) is 9.53 Å². The van der Waals surface area contributed by atoms with Gasteiger partial charge >= 0.3 is 0 Å². The zero-order chi connectivity index (χ0) is 16.2. The number of rotatable bonds is 2. The molecule has 5 nitrogen and oxygen atoms in total. The number of hydrogen-bond acceptors (Lipinski definition) is 3. The molecule has 0 atom stereocenters. The highest BCUT2D eigenvalue weighted by Gasteiger charge is 2.30. The van der Waals surface area contributed by atoms with Gasteiger partial charge in [0, 0.05) is 55.9 Å². The van der Waals surface area contributed by atoms with Gasteiger partial charge in [-0.05, 0) is 37.1 Å². The minimum absolute atomic E-state index is 0.000156. The molecule has 1 aromatic rings. The predicted molar refractivity (Wildman–Crippen MR) is 87.5 cm³/mol. The van der Waals surface area contributed by atoms with Crippen molar-refractivity contribution in [3.8, 4) is 0 Å². The summed E-state index contributed by atoms with van der Waals surface area (Å²) in [6.07, 6.45) is 1.62. The van der Waals surface area contributed by atoms with Gasteiger partial charge in [0.05, 0.1) is 0 Å². The SMILES string of the molecule is O=C(c1ccc(Cl)cc1)N1CCN(C(=O)C2CCOCC2)CC1. The van der Waals surface area contributed by atoms with Crippen LogP contribution in [0.2, 0.25) is 5.02 Å². The maximum absolute atomic E-state index is 12.5. The zero-order valence-electron chi connectivity index (χ0n) is 13.0. The topological polar surface area (TPSA) is 49.9 Å². The third-order valence-electron chi connectivity index (χ3n) is 4.54. The Bertz CT molecular complexity index is 562. The monoisotopic (exact) mass is 336 g/mol. The standard InChI is InChI=1S/C17H21ClN2O3/c18-15-3-1-13(2-4-15)16(21)19-7-9-20(10-8-19)17(22)14-5-11-23-12-6-14/h1-4,14H,5-12H2. The highest BCUT2D eigenvalue weighted by atomic mass is 35.5. The van der Waals surface area contributed by atoms with Crippen LogP contribution in [0.15, 0.2) is 24.3 Å². The Balaban J connectivity index is 1.54. The fourth-order valence-electron chi connectivity index (χ4n) is 3.11. The molecule has 0 spiro atoms. The van der Waals surface area contributed by atoms with Gasteiger partial charge < -0.3 is 14.5 Å². The van der Waals surface area contributed by atoms with E-state index < -0.39 is 0 Å². The second-order valence-corrected chi connectivity index (χ2v) is 6.45. The zero-order valence-corrected chi connectivity index (χ0v) is 13.8. The maximum Gasteiger partial charge on any atom is 0.253 e. The molecule has 23 heavy (non-hydrogen) atoms. The first-order valence-corrected chi connectivity index (χ1v) is 8.44. The van der Waals surface area contributed by atoms with E-state index in [2.05, 4.69) is 0 Å². The Labute approximate surface area is 141 Å². The van der Waals surface area contributed by atoms with Gasteiger partial charge in [-0.25, -0.2) is 0 Å². The van der Waals surface area contributed by atoms with E-state index in [1.165, 1.54) is 0 Å². The van der Waals surface area contributed by atoms with Crippen LogP contribution in [0.5, 0.6) is 0 Å². The number of amides is 2. The van der Waals surface area contributed by atoms with Crippen LogP contribution in [0.25, 0.3) is 0 Å². The number of carbonyl (C=O) groups is 2. The first-order chi connectivity index (χ1) is 11.1. The number of benzene rings is 1. The van der Waals surface area contributed by atoms with Gasteiger partial charge in [-0.3, -0.25) is 9.59 Å². The summed E-state index contributed by atoms with van der Waals surface area (Å²) in [5.41, 5.74) is 0.638. The van der Waals surface area contributed by atoms with Crippen LogP contribution in [0.1, 0.15) is 23.2 Å². The van der Waals surface area contributed by atoms with Crippen molar-refractivity contribution >= 4 is 23.4 Å². The summed E-state index contributed by atoms with van der Waals surface area (Å²) in [4.78, 5) is 28.6. The molecule has 2 aliphatic heterocycles. The molecule has 2 amide bonds. The van der Waals surface area contributed by atoms with Crippen molar-refractivity contribution in [3.63, 3.8) is 0 Å². The molecule has 0 bridgehead atoms. The van der Waals surface area contributed by atoms with Crippen LogP contribution in [0.3, 0.4) is 0 Å². The largest absolute Gasteiger partial charge is 0.381 e. The minimum atomic E-state index is -0.000156. The molecule has 2 heterocycles. The average Bonchev–Trinajstić information content (AvgIpc) is 2.62. The third-order valence-corrected chi connectivity index (χ3v) is 4.79. The summed E-state index contributed by atoms with van der Waals surface area (Å²) < 4.78 is 5.31. The van der Waals surface area contributed by atoms with Crippen LogP contribution in [-0.4, -0.2) is 61.0 Å². The van der Waals surface area contributed by atoms with Gasteiger partial charge in [-0.15, -0.1) is 0 Å². The molecule has 0 saturated carbocycles. The molecule has 6 heteroatoms. The van der Waals surface area contributed by atoms with Crippen LogP contribution in [0, 0.1) is 5.92 Å². The lowest BCUT2D eigenvalue weighted by atomic mass is 9.98. The normalized spacial score (nSPS) is 19.7. The highest BCUT2D eigenvalue weighted by molar-refractivity contribution is 6.30. The molecule has 2 fully saturated rings. The average molecular weight is 337 g/mol. The second-order valence-electron chi connectivity index (χ2n) is 6.01. The van der Waals surface area contributed by atoms with Crippen LogP contribution < -0.4 is 0 Å². The quantitative estimate of drug-likeness (QED) is 0.830. The number of hydrogen-bond donors (Lipinski definition) is 0. The predicted octanol–water partition coefficient (Wildman–Crippen LogP) is 2.05. The fraction of sp³-hybridized carbons (Fsp3) is 0.529. The molecule has 2 aliphatic rings. The molecule has 3 rings (SSSR count). The molecular formula is C17H21ClN2O3. The number of nitrogens with zero attached hydrogens (tertiary/aromatic N) is 2. The van der Waals surface area contributed by atoms with Crippen molar-refractivity contribution in [1.29, 1.82) is 0 Å². The van der Waals surface area contributed by atoms with E-state index in [-0.39, 0.29) is 17.7 Å². The van der Waals surface area contributed by atoms with Crippen molar-refractivity contribution in [2.45, 2.75) is 12.8 Å². The molecule has 124 valence electrons. The number of ether oxygens (including phenoxy) is 1. The van der Waals surface area contributed by atoms with Crippen LogP contribution in [0.4, 0.5) is 0 Å². The Hall–Kier alpha value is -1.59. The molecule has 0 aromatic heterocycles. The lowest BCUT2D eigenvalue weighted by Crippen LogP contribution is -2.52. The van der Waals surface area contributed by atoms with E-state index >= 15 is 0 Å². The fourth-order valence-corrected chi connectivity index (χ4v) is 3.23. The van der Waals surface area contributed by atoms with Crippen molar-refractivity contribution in [2.75, 3.05) is 39.4 Å². The Morgan fingerprint density at radius 1 is 0.957 bits per heavy atom. The summed E-state index contributed by atoms with van der Waals surface area (Å²) >= 11 is 5.85. The maximum atomic E-state index is 12.5. The summed E-state index contributed by atoms with van der Waals surface area (Å²) in [5, 5.41) is 0.619. The molecule has 1 aromatic carbocycles. The van der Waals surface area contributed by atoms with Crippen molar-refractivity contribution in [1.82, 2.24) is 9.80 Å². The first-order valence-electron chi connectivity index (χ1n) is 8.06. The Kier molecular flexibility index (Phi) is 5.18. The second kappa shape index (κ2) is 7.32. The van der Waals surface area contributed by atoms with E-state index in [0.29, 0.717) is 50.0 Å². The van der Waals surface area contributed by atoms with Gasteiger partial charge in [0.25, 0.3) is 5.91 Å². The number of halogens is 1. The van der Waals surface area contributed by atoms with E-state index in [1.807, 2.05) is 4.90 Å². The van der Waals surface area contributed by atoms with E-state index in [9.17, 15) is 9.59 Å². The van der Waals surface area contributed by atoms with Crippen molar-refractivity contribution in [2.24, 2.45) is 5.92 Å². The molecule has 2 saturated heterocycles. The van der Waals surface area contributed by atoms with Crippen LogP contribution >= 0.6 is 11.6 Å². The number of carbonyl (C=O) groups excluding carboxylic acids is 2. The Morgan fingerprint density at radius 3 is 2.13 bits per heavy atom. The smallest absolute Gasteiger partial charge is 0.253 e. The van der Waals surface area contributed by atoms with E-state index in [0.717, 1.165) is 12.8 Å².